The van der Waals surface area contributed by atoms with Crippen LogP contribution in [0, 0.1) is 29.6 Å². The molecule has 1 aromatic carbocycles. The van der Waals surface area contributed by atoms with Crippen LogP contribution in [-0.4, -0.2) is 19.1 Å². The van der Waals surface area contributed by atoms with E-state index in [0.29, 0.717) is 17.9 Å². The molecule has 0 aliphatic rings. The molecule has 3 aromatic heterocycles. The van der Waals surface area contributed by atoms with Crippen LogP contribution >= 0.6 is 0 Å². The van der Waals surface area contributed by atoms with Crippen molar-refractivity contribution in [3.05, 3.63) is 77.0 Å². The van der Waals surface area contributed by atoms with Gasteiger partial charge in [0, 0.05) is 18.3 Å². The molecule has 148 valence electrons. The number of unbranched alkanes of at least 4 members (excludes halogenated alkanes) is 1. The van der Waals surface area contributed by atoms with Gasteiger partial charge in [-0.25, -0.2) is 9.97 Å². The van der Waals surface area contributed by atoms with E-state index in [1.807, 2.05) is 36.5 Å². The second-order valence-electron chi connectivity index (χ2n) is 7.35. The molecule has 0 fully saturated rings. The van der Waals surface area contributed by atoms with Crippen LogP contribution in [0.4, 0.5) is 0 Å². The van der Waals surface area contributed by atoms with Crippen molar-refractivity contribution in [3.8, 4) is 17.8 Å². The first kappa shape index (κ1) is 19.4. The number of aromatic nitrogens is 4. The van der Waals surface area contributed by atoms with Gasteiger partial charge < -0.3 is 4.57 Å². The van der Waals surface area contributed by atoms with Gasteiger partial charge in [-0.1, -0.05) is 25.5 Å². The van der Waals surface area contributed by atoms with Gasteiger partial charge in [0.1, 0.15) is 34.9 Å². The molecule has 0 unspecified atom stereocenters. The number of benzene rings is 1. The topological polar surface area (TPSA) is 83.2 Å². The van der Waals surface area contributed by atoms with E-state index in [2.05, 4.69) is 35.5 Å². The fraction of sp³-hybridized carbons (Fsp3) is 0.250. The number of hydrogen-bond donors (Lipinski definition) is 0. The first-order chi connectivity index (χ1) is 14.7. The monoisotopic (exact) mass is 394 g/mol. The predicted molar refractivity (Wildman–Crippen MR) is 115 cm³/mol. The number of rotatable bonds is 6. The van der Waals surface area contributed by atoms with Crippen LogP contribution < -0.4 is 0 Å². The van der Waals surface area contributed by atoms with Gasteiger partial charge in [0.25, 0.3) is 0 Å². The summed E-state index contributed by atoms with van der Waals surface area (Å²) in [6.07, 6.45) is 4.96. The lowest BCUT2D eigenvalue weighted by atomic mass is 10.2. The summed E-state index contributed by atoms with van der Waals surface area (Å²) in [6, 6.07) is 17.6. The molecule has 6 nitrogen and oxygen atoms in total. The first-order valence-electron chi connectivity index (χ1n) is 10.1. The summed E-state index contributed by atoms with van der Waals surface area (Å²) in [5.74, 6) is 1.06. The molecule has 30 heavy (non-hydrogen) atoms. The van der Waals surface area contributed by atoms with E-state index in [4.69, 9.17) is 4.98 Å². The Morgan fingerprint density at radius 3 is 2.30 bits per heavy atom. The number of nitriles is 2. The summed E-state index contributed by atoms with van der Waals surface area (Å²) >= 11 is 0. The number of imidazole rings is 1. The summed E-state index contributed by atoms with van der Waals surface area (Å²) < 4.78 is 3.87. The Balaban J connectivity index is 1.70. The average molecular weight is 394 g/mol. The molecule has 0 bridgehead atoms. The highest BCUT2D eigenvalue weighted by Gasteiger charge is 2.14. The van der Waals surface area contributed by atoms with E-state index in [9.17, 15) is 10.5 Å². The third kappa shape index (κ3) is 3.44. The largest absolute Gasteiger partial charge is 0.308 e. The zero-order valence-electron chi connectivity index (χ0n) is 17.1. The maximum absolute atomic E-state index is 9.34. The maximum atomic E-state index is 9.34. The van der Waals surface area contributed by atoms with Gasteiger partial charge in [0.2, 0.25) is 0 Å². The minimum Gasteiger partial charge on any atom is -0.308 e. The van der Waals surface area contributed by atoms with Gasteiger partial charge in [0.15, 0.2) is 5.65 Å². The number of pyridine rings is 1. The number of nitrogens with zero attached hydrogens (tertiary/aromatic N) is 6. The summed E-state index contributed by atoms with van der Waals surface area (Å²) in [5.41, 5.74) is 5.81. The van der Waals surface area contributed by atoms with Gasteiger partial charge in [-0.2, -0.15) is 10.5 Å². The van der Waals surface area contributed by atoms with Crippen LogP contribution in [0.3, 0.4) is 0 Å². The van der Waals surface area contributed by atoms with Crippen molar-refractivity contribution in [1.29, 1.82) is 10.5 Å². The second kappa shape index (κ2) is 8.23. The molecule has 0 spiro atoms. The van der Waals surface area contributed by atoms with Gasteiger partial charge in [-0.15, -0.1) is 0 Å². The Bertz CT molecular complexity index is 1250. The van der Waals surface area contributed by atoms with E-state index in [1.165, 1.54) is 0 Å². The fourth-order valence-corrected chi connectivity index (χ4v) is 3.70. The van der Waals surface area contributed by atoms with Crippen LogP contribution in [0.2, 0.25) is 0 Å². The molecule has 4 rings (SSSR count). The third-order valence-electron chi connectivity index (χ3n) is 5.31. The molecule has 0 aliphatic carbocycles. The number of aryl methyl sites for hydroxylation is 2. The Labute approximate surface area is 175 Å². The lowest BCUT2D eigenvalue weighted by molar-refractivity contribution is 0.686. The molecular formula is C24H22N6. The van der Waals surface area contributed by atoms with Crippen molar-refractivity contribution < 1.29 is 0 Å². The van der Waals surface area contributed by atoms with Crippen molar-refractivity contribution in [1.82, 2.24) is 19.1 Å². The number of fused-ring (bicyclic) bond motifs is 1. The van der Waals surface area contributed by atoms with E-state index in [0.717, 1.165) is 53.1 Å². The molecule has 6 heteroatoms. The quantitative estimate of drug-likeness (QED) is 0.476. The highest BCUT2D eigenvalue weighted by Crippen LogP contribution is 2.22. The highest BCUT2D eigenvalue weighted by molar-refractivity contribution is 5.75. The molecule has 4 aromatic rings. The Morgan fingerprint density at radius 1 is 0.967 bits per heavy atom. The van der Waals surface area contributed by atoms with E-state index in [1.54, 1.807) is 16.7 Å². The van der Waals surface area contributed by atoms with E-state index < -0.39 is 0 Å². The van der Waals surface area contributed by atoms with Crippen molar-refractivity contribution in [2.24, 2.45) is 0 Å². The fourth-order valence-electron chi connectivity index (χ4n) is 3.70. The summed E-state index contributed by atoms with van der Waals surface area (Å²) in [7, 11) is 0. The minimum atomic E-state index is 0.446. The van der Waals surface area contributed by atoms with Gasteiger partial charge in [0.05, 0.1) is 6.54 Å². The standard InChI is InChI=1S/C24H22N6/c1-3-4-5-22-28-23-17(2)12-13-27-24(23)29(22)16-18-6-8-19(9-7-18)30-20(14-25)10-11-21(30)15-26/h6-13H,3-5,16H2,1-2H3. The van der Waals surface area contributed by atoms with Crippen LogP contribution in [0.1, 0.15) is 48.1 Å². The summed E-state index contributed by atoms with van der Waals surface area (Å²) in [5, 5.41) is 18.7. The average Bonchev–Trinajstić information content (AvgIpc) is 3.35. The van der Waals surface area contributed by atoms with E-state index in [-0.39, 0.29) is 0 Å². The third-order valence-corrected chi connectivity index (χ3v) is 5.31. The first-order valence-corrected chi connectivity index (χ1v) is 10.1. The Kier molecular flexibility index (Phi) is 5.32. The molecule has 0 amide bonds. The SMILES string of the molecule is CCCCc1nc2c(C)ccnc2n1Cc1ccc(-n2c(C#N)ccc2C#N)cc1. The molecule has 3 heterocycles. The molecular weight excluding hydrogens is 372 g/mol. The van der Waals surface area contributed by atoms with Crippen molar-refractivity contribution in [2.75, 3.05) is 0 Å². The van der Waals surface area contributed by atoms with Crippen LogP contribution in [0.15, 0.2) is 48.7 Å². The maximum Gasteiger partial charge on any atom is 0.160 e. The Hall–Kier alpha value is -3.90. The summed E-state index contributed by atoms with van der Waals surface area (Å²) in [4.78, 5) is 9.47. The molecule has 0 aliphatic heterocycles. The lowest BCUT2D eigenvalue weighted by Crippen LogP contribution is -2.07. The minimum absolute atomic E-state index is 0.446. The van der Waals surface area contributed by atoms with Crippen molar-refractivity contribution >= 4 is 11.2 Å². The molecule has 0 radical (unpaired) electrons. The summed E-state index contributed by atoms with van der Waals surface area (Å²) in [6.45, 7) is 4.92. The van der Waals surface area contributed by atoms with Gasteiger partial charge in [-0.3, -0.25) is 4.57 Å². The smallest absolute Gasteiger partial charge is 0.160 e. The van der Waals surface area contributed by atoms with Crippen LogP contribution in [-0.2, 0) is 13.0 Å². The molecule has 0 N–H and O–H groups in total. The lowest BCUT2D eigenvalue weighted by Gasteiger charge is -2.11. The normalized spacial score (nSPS) is 10.8. The van der Waals surface area contributed by atoms with E-state index >= 15 is 0 Å². The zero-order valence-corrected chi connectivity index (χ0v) is 17.1. The van der Waals surface area contributed by atoms with Gasteiger partial charge in [-0.05, 0) is 54.8 Å². The van der Waals surface area contributed by atoms with Gasteiger partial charge >= 0.3 is 0 Å². The highest BCUT2D eigenvalue weighted by atomic mass is 15.1. The molecule has 0 atom stereocenters. The Morgan fingerprint density at radius 2 is 1.67 bits per heavy atom. The van der Waals surface area contributed by atoms with Crippen molar-refractivity contribution in [2.45, 2.75) is 39.7 Å². The van der Waals surface area contributed by atoms with Crippen LogP contribution in [0.5, 0.6) is 0 Å². The molecule has 0 saturated heterocycles. The van der Waals surface area contributed by atoms with Crippen LogP contribution in [0.25, 0.3) is 16.9 Å². The number of hydrogen-bond acceptors (Lipinski definition) is 4. The zero-order chi connectivity index (χ0) is 21.1. The second-order valence-corrected chi connectivity index (χ2v) is 7.35. The van der Waals surface area contributed by atoms with Crippen molar-refractivity contribution in [3.63, 3.8) is 0 Å². The molecule has 0 saturated carbocycles. The predicted octanol–water partition coefficient (Wildman–Crippen LogP) is 4.66.